The van der Waals surface area contributed by atoms with Gasteiger partial charge in [-0.1, -0.05) is 13.8 Å². The Kier molecular flexibility index (Phi) is 6.27. The largest absolute Gasteiger partial charge is 0.493 e. The zero-order chi connectivity index (χ0) is 22.2. The molecule has 4 saturated carbocycles. The van der Waals surface area contributed by atoms with Crippen LogP contribution in [0.2, 0.25) is 0 Å². The Morgan fingerprint density at radius 3 is 2.48 bits per heavy atom. The zero-order valence-electron chi connectivity index (χ0n) is 18.6. The van der Waals surface area contributed by atoms with E-state index >= 15 is 0 Å². The fraction of sp³-hybridized carbons (Fsp3) is 0.680. The lowest BCUT2D eigenvalue weighted by Gasteiger charge is -2.60. The van der Waals surface area contributed by atoms with Crippen LogP contribution < -0.4 is 4.74 Å². The highest BCUT2D eigenvalue weighted by atomic mass is 19.1. The Morgan fingerprint density at radius 1 is 1.23 bits per heavy atom. The first-order chi connectivity index (χ1) is 14.9. The van der Waals surface area contributed by atoms with E-state index in [1.54, 1.807) is 11.0 Å². The average molecular weight is 432 g/mol. The molecule has 6 rings (SSSR count). The molecule has 5 nitrogen and oxygen atoms in total. The van der Waals surface area contributed by atoms with Gasteiger partial charge in [-0.3, -0.25) is 9.59 Å². The van der Waals surface area contributed by atoms with Crippen LogP contribution in [0.1, 0.15) is 80.6 Å². The Bertz CT molecular complexity index is 827. The van der Waals surface area contributed by atoms with Crippen molar-refractivity contribution in [3.8, 4) is 5.75 Å². The summed E-state index contributed by atoms with van der Waals surface area (Å²) in [4.78, 5) is 22.9. The summed E-state index contributed by atoms with van der Waals surface area (Å²) in [7, 11) is 0. The van der Waals surface area contributed by atoms with Crippen molar-refractivity contribution in [3.05, 3.63) is 29.1 Å². The van der Waals surface area contributed by atoms with Gasteiger partial charge in [-0.05, 0) is 85.7 Å². The van der Waals surface area contributed by atoms with Crippen LogP contribution >= 0.6 is 0 Å². The van der Waals surface area contributed by atoms with E-state index in [0.717, 1.165) is 56.2 Å². The van der Waals surface area contributed by atoms with Gasteiger partial charge in [0, 0.05) is 19.2 Å². The van der Waals surface area contributed by atoms with E-state index in [1.807, 2.05) is 0 Å². The molecule has 3 unspecified atom stereocenters. The van der Waals surface area contributed by atoms with Crippen molar-refractivity contribution in [3.63, 3.8) is 0 Å². The second kappa shape index (κ2) is 8.79. The number of benzene rings is 1. The molecular formula is C25H34FNO4. The van der Waals surface area contributed by atoms with Crippen LogP contribution in [0.3, 0.4) is 0 Å². The third-order valence-corrected chi connectivity index (χ3v) is 8.19. The second-order valence-electron chi connectivity index (χ2n) is 10.3. The number of nitrogens with zero attached hydrogens (tertiary/aromatic N) is 1. The molecule has 1 saturated heterocycles. The number of amides is 1. The molecule has 1 heterocycles. The first-order valence-electron chi connectivity index (χ1n) is 11.7. The van der Waals surface area contributed by atoms with Gasteiger partial charge < -0.3 is 14.7 Å². The van der Waals surface area contributed by atoms with Gasteiger partial charge in [-0.2, -0.15) is 0 Å². The van der Waals surface area contributed by atoms with Crippen LogP contribution in [0.5, 0.6) is 5.75 Å². The minimum absolute atomic E-state index is 0.155. The van der Waals surface area contributed by atoms with E-state index in [0.29, 0.717) is 29.6 Å². The number of fused-ring (bicyclic) bond motifs is 2. The van der Waals surface area contributed by atoms with Gasteiger partial charge in [-0.25, -0.2) is 4.39 Å². The van der Waals surface area contributed by atoms with Crippen molar-refractivity contribution in [1.82, 2.24) is 4.90 Å². The quantitative estimate of drug-likeness (QED) is 0.660. The maximum absolute atomic E-state index is 14.9. The number of carbonyl (C=O) groups is 2. The van der Waals surface area contributed by atoms with Crippen LogP contribution in [0.4, 0.5) is 4.39 Å². The van der Waals surface area contributed by atoms with Gasteiger partial charge in [0.25, 0.3) is 12.4 Å². The van der Waals surface area contributed by atoms with Crippen molar-refractivity contribution in [2.75, 3.05) is 19.7 Å². The second-order valence-corrected chi connectivity index (χ2v) is 10.3. The molecule has 6 heteroatoms. The van der Waals surface area contributed by atoms with Gasteiger partial charge in [-0.15, -0.1) is 0 Å². The summed E-state index contributed by atoms with van der Waals surface area (Å²) < 4.78 is 21.1. The smallest absolute Gasteiger partial charge is 0.290 e. The van der Waals surface area contributed by atoms with Crippen LogP contribution in [-0.2, 0) is 4.79 Å². The molecule has 1 N–H and O–H groups in total. The maximum atomic E-state index is 14.9. The predicted octanol–water partition coefficient (Wildman–Crippen LogP) is 5.09. The van der Waals surface area contributed by atoms with Crippen molar-refractivity contribution in [2.24, 2.45) is 23.2 Å². The van der Waals surface area contributed by atoms with Gasteiger partial charge in [0.15, 0.2) is 0 Å². The third kappa shape index (κ3) is 4.31. The molecule has 1 aromatic rings. The van der Waals surface area contributed by atoms with E-state index in [9.17, 15) is 9.18 Å². The van der Waals surface area contributed by atoms with Gasteiger partial charge >= 0.3 is 0 Å². The summed E-state index contributed by atoms with van der Waals surface area (Å²) in [5, 5.41) is 6.89. The standard InChI is InChI=1S/C24H32FNO2.CH2O2/c1-24(2)17-8-7-16(20(24)11-17)14-28-22-13-21(25)19(12-18(22)15-5-6-15)23(27)26-9-3-4-10-26;2-1-3/h12-13,15-17,20H,3-11,14H2,1-2H3;1H,(H,2,3). The lowest BCUT2D eigenvalue weighted by molar-refractivity contribution is -0.122. The van der Waals surface area contributed by atoms with Gasteiger partial charge in [0.1, 0.15) is 11.6 Å². The lowest BCUT2D eigenvalue weighted by Crippen LogP contribution is -2.53. The van der Waals surface area contributed by atoms with Crippen LogP contribution in [0.15, 0.2) is 12.1 Å². The minimum Gasteiger partial charge on any atom is -0.493 e. The number of carbonyl (C=O) groups excluding carboxylic acids is 1. The molecule has 31 heavy (non-hydrogen) atoms. The summed E-state index contributed by atoms with van der Waals surface area (Å²) >= 11 is 0. The first kappa shape index (κ1) is 22.1. The van der Waals surface area contributed by atoms with E-state index < -0.39 is 5.82 Å². The van der Waals surface area contributed by atoms with Crippen LogP contribution in [0.25, 0.3) is 0 Å². The Hall–Kier alpha value is -2.11. The normalized spacial score (nSPS) is 28.2. The number of ether oxygens (including phenoxy) is 1. The van der Waals surface area contributed by atoms with Crippen molar-refractivity contribution >= 4 is 12.4 Å². The Morgan fingerprint density at radius 2 is 1.90 bits per heavy atom. The van der Waals surface area contributed by atoms with Crippen LogP contribution in [0, 0.1) is 29.0 Å². The van der Waals surface area contributed by atoms with Gasteiger partial charge in [0.2, 0.25) is 0 Å². The molecule has 1 aliphatic heterocycles. The van der Waals surface area contributed by atoms with E-state index in [2.05, 4.69) is 13.8 Å². The van der Waals surface area contributed by atoms with Crippen molar-refractivity contribution in [2.45, 2.75) is 64.7 Å². The summed E-state index contributed by atoms with van der Waals surface area (Å²) in [5.74, 6) is 2.71. The molecule has 0 aromatic heterocycles. The minimum atomic E-state index is -0.427. The van der Waals surface area contributed by atoms with E-state index in [1.165, 1.54) is 25.3 Å². The maximum Gasteiger partial charge on any atom is 0.290 e. The number of halogens is 1. The number of rotatable bonds is 5. The number of hydrogen-bond acceptors (Lipinski definition) is 3. The van der Waals surface area contributed by atoms with Crippen LogP contribution in [-0.4, -0.2) is 42.1 Å². The van der Waals surface area contributed by atoms with Crippen molar-refractivity contribution in [1.29, 1.82) is 0 Å². The molecule has 3 atom stereocenters. The Labute approximate surface area is 184 Å². The highest BCUT2D eigenvalue weighted by molar-refractivity contribution is 5.95. The fourth-order valence-corrected chi connectivity index (χ4v) is 6.02. The summed E-state index contributed by atoms with van der Waals surface area (Å²) in [6.45, 7) is 6.71. The first-order valence-corrected chi connectivity index (χ1v) is 11.7. The highest BCUT2D eigenvalue weighted by Gasteiger charge is 2.54. The fourth-order valence-electron chi connectivity index (χ4n) is 6.02. The predicted molar refractivity (Wildman–Crippen MR) is 116 cm³/mol. The highest BCUT2D eigenvalue weighted by Crippen LogP contribution is 2.61. The molecule has 0 spiro atoms. The molecule has 170 valence electrons. The van der Waals surface area contributed by atoms with E-state index in [4.69, 9.17) is 14.6 Å². The molecule has 5 aliphatic rings. The zero-order valence-corrected chi connectivity index (χ0v) is 18.6. The molecule has 2 bridgehead atoms. The Balaban J connectivity index is 0.000000730. The monoisotopic (exact) mass is 431 g/mol. The average Bonchev–Trinajstić information content (AvgIpc) is 3.45. The lowest BCUT2D eigenvalue weighted by atomic mass is 9.46. The molecular weight excluding hydrogens is 397 g/mol. The molecule has 1 amide bonds. The molecule has 4 aliphatic carbocycles. The number of likely N-dealkylation sites (tertiary alicyclic amines) is 1. The topological polar surface area (TPSA) is 66.8 Å². The summed E-state index contributed by atoms with van der Waals surface area (Å²) in [6, 6.07) is 3.29. The van der Waals surface area contributed by atoms with Gasteiger partial charge in [0.05, 0.1) is 12.2 Å². The number of carboxylic acid groups (broad SMARTS) is 1. The molecule has 0 radical (unpaired) electrons. The number of hydrogen-bond donors (Lipinski definition) is 1. The van der Waals surface area contributed by atoms with Crippen molar-refractivity contribution < 1.29 is 23.8 Å². The summed E-state index contributed by atoms with van der Waals surface area (Å²) in [5.41, 5.74) is 1.71. The van der Waals surface area contributed by atoms with E-state index in [-0.39, 0.29) is 17.9 Å². The third-order valence-electron chi connectivity index (χ3n) is 8.19. The molecule has 5 fully saturated rings. The molecule has 1 aromatic carbocycles. The SMILES string of the molecule is CC1(C)C2CCC(COc3cc(F)c(C(=O)N4CCCC4)cc3C3CC3)C1C2.O=CO. The summed E-state index contributed by atoms with van der Waals surface area (Å²) in [6.07, 6.45) is 8.11.